The van der Waals surface area contributed by atoms with Gasteiger partial charge in [0.25, 0.3) is 0 Å². The summed E-state index contributed by atoms with van der Waals surface area (Å²) in [6.07, 6.45) is 13.7. The number of aliphatic hydroxyl groups is 1. The van der Waals surface area contributed by atoms with E-state index in [-0.39, 0.29) is 5.60 Å². The Morgan fingerprint density at radius 2 is 1.62 bits per heavy atom. The van der Waals surface area contributed by atoms with Crippen LogP contribution in [0.2, 0.25) is 0 Å². The summed E-state index contributed by atoms with van der Waals surface area (Å²) >= 11 is 0. The first-order valence-electron chi connectivity index (χ1n) is 9.57. The van der Waals surface area contributed by atoms with E-state index in [4.69, 9.17) is 0 Å². The molecule has 0 unspecified atom stereocenters. The van der Waals surface area contributed by atoms with Gasteiger partial charge in [-0.3, -0.25) is 0 Å². The van der Waals surface area contributed by atoms with Crippen molar-refractivity contribution in [1.29, 1.82) is 0 Å². The molecule has 0 aromatic rings. The van der Waals surface area contributed by atoms with Crippen molar-refractivity contribution in [2.24, 2.45) is 34.5 Å². The van der Waals surface area contributed by atoms with Crippen LogP contribution in [0.1, 0.15) is 85.0 Å². The van der Waals surface area contributed by atoms with E-state index in [1.807, 2.05) is 0 Å². The summed E-state index contributed by atoms with van der Waals surface area (Å²) in [6.45, 7) is 7.27. The maximum Gasteiger partial charge on any atom is 0.0622 e. The number of fused-ring (bicyclic) bond motifs is 5. The Labute approximate surface area is 130 Å². The molecule has 4 saturated carbocycles. The van der Waals surface area contributed by atoms with Gasteiger partial charge < -0.3 is 5.11 Å². The highest BCUT2D eigenvalue weighted by atomic mass is 16.3. The van der Waals surface area contributed by atoms with Gasteiger partial charge in [0.1, 0.15) is 0 Å². The minimum atomic E-state index is -0.381. The Morgan fingerprint density at radius 3 is 2.43 bits per heavy atom. The van der Waals surface area contributed by atoms with E-state index in [0.717, 1.165) is 36.5 Å². The first-order chi connectivity index (χ1) is 9.84. The number of hydrogen-bond acceptors (Lipinski definition) is 1. The third kappa shape index (κ3) is 2.06. The van der Waals surface area contributed by atoms with Crippen LogP contribution in [0.3, 0.4) is 0 Å². The highest BCUT2D eigenvalue weighted by Gasteiger charge is 2.58. The average molecular weight is 290 g/mol. The topological polar surface area (TPSA) is 20.2 Å². The summed E-state index contributed by atoms with van der Waals surface area (Å²) in [5, 5.41) is 10.5. The Hall–Kier alpha value is -0.0400. The summed E-state index contributed by atoms with van der Waals surface area (Å²) in [5.41, 5.74) is 0.840. The van der Waals surface area contributed by atoms with Crippen molar-refractivity contribution in [1.82, 2.24) is 0 Å². The molecule has 0 aliphatic heterocycles. The van der Waals surface area contributed by atoms with Crippen molar-refractivity contribution in [3.05, 3.63) is 0 Å². The third-order valence-electron chi connectivity index (χ3n) is 8.73. The zero-order valence-corrected chi connectivity index (χ0v) is 14.3. The zero-order valence-electron chi connectivity index (χ0n) is 14.3. The van der Waals surface area contributed by atoms with Crippen LogP contribution in [-0.4, -0.2) is 10.7 Å². The maximum atomic E-state index is 10.5. The molecule has 1 heteroatoms. The molecule has 0 bridgehead atoms. The highest BCUT2D eigenvalue weighted by molar-refractivity contribution is 5.08. The smallest absolute Gasteiger partial charge is 0.0622 e. The molecule has 1 N–H and O–H groups in total. The second kappa shape index (κ2) is 4.49. The first-order valence-corrected chi connectivity index (χ1v) is 9.57. The van der Waals surface area contributed by atoms with Crippen LogP contribution in [0, 0.1) is 34.5 Å². The molecule has 0 aromatic carbocycles. The lowest BCUT2D eigenvalue weighted by atomic mass is 9.44. The van der Waals surface area contributed by atoms with Crippen LogP contribution in [0.4, 0.5) is 0 Å². The molecule has 120 valence electrons. The predicted molar refractivity (Wildman–Crippen MR) is 87.0 cm³/mol. The van der Waals surface area contributed by atoms with Crippen molar-refractivity contribution >= 4 is 0 Å². The quantitative estimate of drug-likeness (QED) is 0.652. The van der Waals surface area contributed by atoms with Gasteiger partial charge in [0.2, 0.25) is 0 Å². The lowest BCUT2D eigenvalue weighted by Crippen LogP contribution is -2.54. The van der Waals surface area contributed by atoms with Crippen molar-refractivity contribution in [2.45, 2.75) is 90.6 Å². The molecule has 0 radical (unpaired) electrons. The average Bonchev–Trinajstić information content (AvgIpc) is 2.81. The molecule has 0 amide bonds. The van der Waals surface area contributed by atoms with E-state index < -0.39 is 0 Å². The van der Waals surface area contributed by atoms with Gasteiger partial charge >= 0.3 is 0 Å². The van der Waals surface area contributed by atoms with Crippen LogP contribution in [0.25, 0.3) is 0 Å². The van der Waals surface area contributed by atoms with Gasteiger partial charge in [-0.2, -0.15) is 0 Å². The summed E-state index contributed by atoms with van der Waals surface area (Å²) in [6, 6.07) is 0. The van der Waals surface area contributed by atoms with Crippen LogP contribution < -0.4 is 0 Å². The summed E-state index contributed by atoms with van der Waals surface area (Å²) in [4.78, 5) is 0. The molecule has 0 heterocycles. The molecule has 4 fully saturated rings. The molecular weight excluding hydrogens is 256 g/mol. The van der Waals surface area contributed by atoms with Gasteiger partial charge in [0, 0.05) is 0 Å². The Balaban J connectivity index is 1.62. The minimum Gasteiger partial charge on any atom is -0.390 e. The van der Waals surface area contributed by atoms with Crippen molar-refractivity contribution in [3.8, 4) is 0 Å². The predicted octanol–water partition coefficient (Wildman–Crippen LogP) is 5.17. The summed E-state index contributed by atoms with van der Waals surface area (Å²) in [5.74, 6) is 3.78. The minimum absolute atomic E-state index is 0.381. The molecule has 4 aliphatic carbocycles. The summed E-state index contributed by atoms with van der Waals surface area (Å²) in [7, 11) is 0. The van der Waals surface area contributed by atoms with E-state index >= 15 is 0 Å². The van der Waals surface area contributed by atoms with Gasteiger partial charge in [0.15, 0.2) is 0 Å². The Bertz CT molecular complexity index is 428. The Kier molecular flexibility index (Phi) is 3.11. The van der Waals surface area contributed by atoms with Gasteiger partial charge in [-0.25, -0.2) is 0 Å². The number of rotatable bonds is 0. The Morgan fingerprint density at radius 1 is 0.810 bits per heavy atom. The normalized spacial score (nSPS) is 60.0. The van der Waals surface area contributed by atoms with Crippen LogP contribution >= 0.6 is 0 Å². The molecule has 0 aromatic heterocycles. The molecule has 4 aliphatic rings. The second-order valence-corrected chi connectivity index (χ2v) is 9.94. The fourth-order valence-corrected chi connectivity index (χ4v) is 7.42. The molecular formula is C20H34O. The van der Waals surface area contributed by atoms with Gasteiger partial charge in [-0.05, 0) is 99.2 Å². The van der Waals surface area contributed by atoms with Crippen LogP contribution in [0.5, 0.6) is 0 Å². The van der Waals surface area contributed by atoms with E-state index in [9.17, 15) is 5.11 Å². The van der Waals surface area contributed by atoms with Crippen molar-refractivity contribution in [3.63, 3.8) is 0 Å². The molecule has 7 atom stereocenters. The largest absolute Gasteiger partial charge is 0.390 e. The third-order valence-corrected chi connectivity index (χ3v) is 8.73. The number of hydrogen-bond donors (Lipinski definition) is 1. The highest BCUT2D eigenvalue weighted by Crippen LogP contribution is 2.66. The van der Waals surface area contributed by atoms with Crippen LogP contribution in [0.15, 0.2) is 0 Å². The molecule has 0 spiro atoms. The molecule has 0 saturated heterocycles. The van der Waals surface area contributed by atoms with Crippen LogP contribution in [-0.2, 0) is 0 Å². The maximum absolute atomic E-state index is 10.5. The fraction of sp³-hybridized carbons (Fsp3) is 1.00. The zero-order chi connectivity index (χ0) is 14.9. The SMILES string of the molecule is C[C@@]1(O)CC[C@@]2(C)[C@@H](CC[C@@H]3[C@@H]4CCC[C@@]4(C)CC[C@@H]32)C1. The second-order valence-electron chi connectivity index (χ2n) is 9.94. The lowest BCUT2D eigenvalue weighted by Gasteiger charge is -2.61. The van der Waals surface area contributed by atoms with Gasteiger partial charge in [-0.1, -0.05) is 20.3 Å². The lowest BCUT2D eigenvalue weighted by molar-refractivity contribution is -0.142. The van der Waals surface area contributed by atoms with Crippen molar-refractivity contribution < 1.29 is 5.11 Å². The first kappa shape index (κ1) is 14.5. The van der Waals surface area contributed by atoms with E-state index in [1.54, 1.807) is 0 Å². The van der Waals surface area contributed by atoms with E-state index in [1.165, 1.54) is 51.4 Å². The molecule has 21 heavy (non-hydrogen) atoms. The molecule has 4 rings (SSSR count). The fourth-order valence-electron chi connectivity index (χ4n) is 7.42. The van der Waals surface area contributed by atoms with E-state index in [2.05, 4.69) is 20.8 Å². The van der Waals surface area contributed by atoms with Gasteiger partial charge in [-0.15, -0.1) is 0 Å². The standard InChI is InChI=1S/C20H34O/c1-18-9-4-5-16(18)15-7-6-14-13-19(2,21)11-12-20(14,3)17(15)8-10-18/h14-17,21H,4-13H2,1-3H3/t14-,15+,16-,17-,18-,19+,20-/m0/s1. The van der Waals surface area contributed by atoms with E-state index in [0.29, 0.717) is 10.8 Å². The van der Waals surface area contributed by atoms with Gasteiger partial charge in [0.05, 0.1) is 5.60 Å². The van der Waals surface area contributed by atoms with Crippen molar-refractivity contribution in [2.75, 3.05) is 0 Å². The summed E-state index contributed by atoms with van der Waals surface area (Å²) < 4.78 is 0. The molecule has 1 nitrogen and oxygen atoms in total. The monoisotopic (exact) mass is 290 g/mol.